The summed E-state index contributed by atoms with van der Waals surface area (Å²) in [6.07, 6.45) is 1.48. The molecule has 1 saturated heterocycles. The van der Waals surface area contributed by atoms with Crippen molar-refractivity contribution in [2.45, 2.75) is 24.9 Å². The van der Waals surface area contributed by atoms with E-state index in [4.69, 9.17) is 16.3 Å². The molecule has 0 aromatic heterocycles. The van der Waals surface area contributed by atoms with Crippen LogP contribution in [0.4, 0.5) is 8.78 Å². The highest BCUT2D eigenvalue weighted by molar-refractivity contribution is 6.31. The zero-order valence-electron chi connectivity index (χ0n) is 12.6. The Hall–Kier alpha value is -1.49. The molecule has 122 valence electrons. The number of nitrogens with one attached hydrogen (secondary N) is 1. The van der Waals surface area contributed by atoms with E-state index in [2.05, 4.69) is 5.32 Å². The lowest BCUT2D eigenvalue weighted by atomic mass is 9.82. The molecule has 1 fully saturated rings. The number of halogens is 3. The van der Waals surface area contributed by atoms with Crippen molar-refractivity contribution in [2.24, 2.45) is 0 Å². The third kappa shape index (κ3) is 3.55. The standard InChI is InChI=1S/C18H18ClF2NO/c19-16-2-1-3-17(21)15(16)12-22-18(8-10-23-11-9-18)13-4-6-14(20)7-5-13/h1-7,22H,8-12H2. The summed E-state index contributed by atoms with van der Waals surface area (Å²) >= 11 is 6.11. The van der Waals surface area contributed by atoms with Crippen LogP contribution in [0.15, 0.2) is 42.5 Å². The van der Waals surface area contributed by atoms with Crippen molar-refractivity contribution < 1.29 is 13.5 Å². The molecule has 5 heteroatoms. The van der Waals surface area contributed by atoms with Gasteiger partial charge < -0.3 is 10.1 Å². The monoisotopic (exact) mass is 337 g/mol. The molecule has 0 amide bonds. The van der Waals surface area contributed by atoms with Crippen LogP contribution >= 0.6 is 11.6 Å². The Morgan fingerprint density at radius 2 is 1.74 bits per heavy atom. The molecule has 0 saturated carbocycles. The van der Waals surface area contributed by atoms with Crippen molar-refractivity contribution in [1.29, 1.82) is 0 Å². The molecule has 0 spiro atoms. The van der Waals surface area contributed by atoms with Crippen LogP contribution in [0.3, 0.4) is 0 Å². The zero-order valence-corrected chi connectivity index (χ0v) is 13.4. The quantitative estimate of drug-likeness (QED) is 0.892. The Kier molecular flexibility index (Phi) is 4.95. The fourth-order valence-electron chi connectivity index (χ4n) is 3.02. The van der Waals surface area contributed by atoms with E-state index in [-0.39, 0.29) is 17.2 Å². The van der Waals surface area contributed by atoms with E-state index >= 15 is 0 Å². The average Bonchev–Trinajstić information content (AvgIpc) is 2.56. The highest BCUT2D eigenvalue weighted by atomic mass is 35.5. The molecule has 2 aromatic rings. The molecule has 23 heavy (non-hydrogen) atoms. The van der Waals surface area contributed by atoms with Crippen molar-refractivity contribution in [3.05, 3.63) is 70.2 Å². The number of ether oxygens (including phenoxy) is 1. The maximum atomic E-state index is 14.0. The fourth-order valence-corrected chi connectivity index (χ4v) is 3.24. The molecule has 0 unspecified atom stereocenters. The predicted octanol–water partition coefficient (Wildman–Crippen LogP) is 4.41. The van der Waals surface area contributed by atoms with E-state index in [1.54, 1.807) is 24.3 Å². The van der Waals surface area contributed by atoms with Crippen LogP contribution in [0.2, 0.25) is 5.02 Å². The van der Waals surface area contributed by atoms with E-state index in [9.17, 15) is 8.78 Å². The number of benzene rings is 2. The normalized spacial score (nSPS) is 17.2. The summed E-state index contributed by atoms with van der Waals surface area (Å²) in [4.78, 5) is 0. The number of rotatable bonds is 4. The van der Waals surface area contributed by atoms with E-state index < -0.39 is 0 Å². The van der Waals surface area contributed by atoms with Gasteiger partial charge in [-0.05, 0) is 42.7 Å². The molecule has 0 aliphatic carbocycles. The molecule has 0 bridgehead atoms. The largest absolute Gasteiger partial charge is 0.381 e. The molecule has 1 aliphatic heterocycles. The Labute approximate surface area is 139 Å². The van der Waals surface area contributed by atoms with Crippen LogP contribution < -0.4 is 5.32 Å². The van der Waals surface area contributed by atoms with Gasteiger partial charge in [0.05, 0.1) is 0 Å². The van der Waals surface area contributed by atoms with Crippen LogP contribution in [-0.2, 0) is 16.8 Å². The number of hydrogen-bond acceptors (Lipinski definition) is 2. The van der Waals surface area contributed by atoms with Gasteiger partial charge in [-0.3, -0.25) is 0 Å². The third-order valence-corrected chi connectivity index (χ3v) is 4.76. The first-order valence-corrected chi connectivity index (χ1v) is 8.00. The van der Waals surface area contributed by atoms with Crippen molar-refractivity contribution in [1.82, 2.24) is 5.32 Å². The second-order valence-electron chi connectivity index (χ2n) is 5.76. The van der Waals surface area contributed by atoms with Gasteiger partial charge in [-0.1, -0.05) is 29.8 Å². The van der Waals surface area contributed by atoms with Crippen LogP contribution in [0.25, 0.3) is 0 Å². The molecule has 0 radical (unpaired) electrons. The second kappa shape index (κ2) is 6.95. The first-order chi connectivity index (χ1) is 11.1. The SMILES string of the molecule is Fc1ccc(C2(NCc3c(F)cccc3Cl)CCOCC2)cc1. The molecule has 2 aromatic carbocycles. The molecule has 1 aliphatic rings. The third-order valence-electron chi connectivity index (χ3n) is 4.41. The molecule has 1 heterocycles. The van der Waals surface area contributed by atoms with Crippen LogP contribution in [0, 0.1) is 11.6 Å². The Morgan fingerprint density at radius 3 is 2.39 bits per heavy atom. The smallest absolute Gasteiger partial charge is 0.129 e. The van der Waals surface area contributed by atoms with Gasteiger partial charge in [-0.25, -0.2) is 8.78 Å². The average molecular weight is 338 g/mol. The Morgan fingerprint density at radius 1 is 1.04 bits per heavy atom. The fraction of sp³-hybridized carbons (Fsp3) is 0.333. The minimum Gasteiger partial charge on any atom is -0.381 e. The predicted molar refractivity (Wildman–Crippen MR) is 86.4 cm³/mol. The number of hydrogen-bond donors (Lipinski definition) is 1. The van der Waals surface area contributed by atoms with E-state index in [0.29, 0.717) is 30.3 Å². The van der Waals surface area contributed by atoms with Crippen molar-refractivity contribution in [2.75, 3.05) is 13.2 Å². The topological polar surface area (TPSA) is 21.3 Å². The van der Waals surface area contributed by atoms with Gasteiger partial charge in [-0.15, -0.1) is 0 Å². The second-order valence-corrected chi connectivity index (χ2v) is 6.16. The van der Waals surface area contributed by atoms with Gasteiger partial charge in [-0.2, -0.15) is 0 Å². The van der Waals surface area contributed by atoms with Crippen molar-refractivity contribution >= 4 is 11.6 Å². The summed E-state index contributed by atoms with van der Waals surface area (Å²) in [5.74, 6) is -0.598. The summed E-state index contributed by atoms with van der Waals surface area (Å²) in [5.41, 5.74) is 1.06. The van der Waals surface area contributed by atoms with Gasteiger partial charge in [0.15, 0.2) is 0 Å². The lowest BCUT2D eigenvalue weighted by molar-refractivity contribution is 0.0356. The summed E-state index contributed by atoms with van der Waals surface area (Å²) in [5, 5.41) is 3.84. The molecular formula is C18H18ClF2NO. The van der Waals surface area contributed by atoms with E-state index in [1.165, 1.54) is 18.2 Å². The van der Waals surface area contributed by atoms with E-state index in [1.807, 2.05) is 0 Å². The lowest BCUT2D eigenvalue weighted by Gasteiger charge is -2.39. The van der Waals surface area contributed by atoms with Gasteiger partial charge in [0, 0.05) is 35.9 Å². The van der Waals surface area contributed by atoms with Gasteiger partial charge in [0.2, 0.25) is 0 Å². The minimum atomic E-state index is -0.364. The Bertz CT molecular complexity index is 649. The maximum Gasteiger partial charge on any atom is 0.129 e. The van der Waals surface area contributed by atoms with E-state index in [0.717, 1.165) is 18.4 Å². The molecule has 0 atom stereocenters. The summed E-state index contributed by atoms with van der Waals surface area (Å²) in [6.45, 7) is 1.52. The highest BCUT2D eigenvalue weighted by Gasteiger charge is 2.34. The summed E-state index contributed by atoms with van der Waals surface area (Å²) in [6, 6.07) is 11.1. The highest BCUT2D eigenvalue weighted by Crippen LogP contribution is 2.33. The first-order valence-electron chi connectivity index (χ1n) is 7.62. The van der Waals surface area contributed by atoms with Gasteiger partial charge in [0.1, 0.15) is 11.6 Å². The van der Waals surface area contributed by atoms with Gasteiger partial charge in [0.25, 0.3) is 0 Å². The first kappa shape index (κ1) is 16.4. The summed E-state index contributed by atoms with van der Waals surface area (Å²) < 4.78 is 32.7. The molecular weight excluding hydrogens is 320 g/mol. The maximum absolute atomic E-state index is 14.0. The molecule has 2 nitrogen and oxygen atoms in total. The molecule has 3 rings (SSSR count). The lowest BCUT2D eigenvalue weighted by Crippen LogP contribution is -2.46. The summed E-state index contributed by atoms with van der Waals surface area (Å²) in [7, 11) is 0. The Balaban J connectivity index is 1.86. The van der Waals surface area contributed by atoms with Crippen LogP contribution in [0.1, 0.15) is 24.0 Å². The zero-order chi connectivity index (χ0) is 16.3. The minimum absolute atomic E-state index is 0.270. The molecule has 1 N–H and O–H groups in total. The van der Waals surface area contributed by atoms with Crippen LogP contribution in [-0.4, -0.2) is 13.2 Å². The van der Waals surface area contributed by atoms with Gasteiger partial charge >= 0.3 is 0 Å². The van der Waals surface area contributed by atoms with Crippen LogP contribution in [0.5, 0.6) is 0 Å². The van der Waals surface area contributed by atoms with Crippen molar-refractivity contribution in [3.63, 3.8) is 0 Å². The van der Waals surface area contributed by atoms with Crippen molar-refractivity contribution in [3.8, 4) is 0 Å².